The SMILES string of the molecule is [O-]CC1COc2ccccc2O1. The zero-order chi connectivity index (χ0) is 8.39. The average Bonchev–Trinajstić information content (AvgIpc) is 2.17. The first kappa shape index (κ1) is 7.43. The lowest BCUT2D eigenvalue weighted by molar-refractivity contribution is -0.383. The Morgan fingerprint density at radius 1 is 1.33 bits per heavy atom. The molecule has 1 aliphatic heterocycles. The first-order valence-electron chi connectivity index (χ1n) is 3.87. The third-order valence-corrected chi connectivity index (χ3v) is 1.75. The van der Waals surface area contributed by atoms with Gasteiger partial charge in [-0.2, -0.15) is 0 Å². The van der Waals surface area contributed by atoms with Gasteiger partial charge in [0.1, 0.15) is 12.7 Å². The van der Waals surface area contributed by atoms with Crippen molar-refractivity contribution in [3.05, 3.63) is 24.3 Å². The topological polar surface area (TPSA) is 41.5 Å². The van der Waals surface area contributed by atoms with Crippen LogP contribution in [0.15, 0.2) is 24.3 Å². The molecular weight excluding hydrogens is 156 g/mol. The second-order valence-corrected chi connectivity index (χ2v) is 2.66. The Hall–Kier alpha value is -1.22. The number of para-hydroxylation sites is 2. The molecule has 0 fully saturated rings. The average molecular weight is 165 g/mol. The summed E-state index contributed by atoms with van der Waals surface area (Å²) in [7, 11) is 0. The molecular formula is C9H9O3-. The zero-order valence-electron chi connectivity index (χ0n) is 6.53. The molecule has 1 heterocycles. The van der Waals surface area contributed by atoms with Crippen molar-refractivity contribution in [2.45, 2.75) is 6.10 Å². The molecule has 64 valence electrons. The molecule has 0 amide bonds. The van der Waals surface area contributed by atoms with Crippen LogP contribution in [0.3, 0.4) is 0 Å². The van der Waals surface area contributed by atoms with E-state index in [2.05, 4.69) is 0 Å². The minimum Gasteiger partial charge on any atom is -0.852 e. The molecule has 0 N–H and O–H groups in total. The minimum absolute atomic E-state index is 0.256. The lowest BCUT2D eigenvalue weighted by Crippen LogP contribution is -2.37. The van der Waals surface area contributed by atoms with Crippen LogP contribution in [0, 0.1) is 0 Å². The Bertz CT molecular complexity index is 272. The van der Waals surface area contributed by atoms with Crippen molar-refractivity contribution in [3.63, 3.8) is 0 Å². The van der Waals surface area contributed by atoms with Crippen LogP contribution in [-0.2, 0) is 0 Å². The highest BCUT2D eigenvalue weighted by Crippen LogP contribution is 2.30. The molecule has 0 aliphatic carbocycles. The Balaban J connectivity index is 2.23. The van der Waals surface area contributed by atoms with Gasteiger partial charge in [0.2, 0.25) is 0 Å². The van der Waals surface area contributed by atoms with Crippen molar-refractivity contribution in [2.24, 2.45) is 0 Å². The van der Waals surface area contributed by atoms with Crippen LogP contribution in [0.4, 0.5) is 0 Å². The number of benzene rings is 1. The normalized spacial score (nSPS) is 20.6. The Morgan fingerprint density at radius 3 is 2.83 bits per heavy atom. The number of fused-ring (bicyclic) bond motifs is 1. The fourth-order valence-electron chi connectivity index (χ4n) is 1.15. The Kier molecular flexibility index (Phi) is 1.87. The highest BCUT2D eigenvalue weighted by Gasteiger charge is 2.16. The smallest absolute Gasteiger partial charge is 0.161 e. The van der Waals surface area contributed by atoms with E-state index in [1.807, 2.05) is 18.2 Å². The molecule has 1 aromatic carbocycles. The summed E-state index contributed by atoms with van der Waals surface area (Å²) in [6.07, 6.45) is -0.333. The summed E-state index contributed by atoms with van der Waals surface area (Å²) in [5, 5.41) is 10.5. The lowest BCUT2D eigenvalue weighted by Gasteiger charge is -2.28. The number of rotatable bonds is 1. The molecule has 0 aromatic heterocycles. The second-order valence-electron chi connectivity index (χ2n) is 2.66. The van der Waals surface area contributed by atoms with Gasteiger partial charge >= 0.3 is 0 Å². The molecule has 0 bridgehead atoms. The van der Waals surface area contributed by atoms with Crippen molar-refractivity contribution < 1.29 is 14.6 Å². The van der Waals surface area contributed by atoms with Crippen molar-refractivity contribution in [1.82, 2.24) is 0 Å². The van der Waals surface area contributed by atoms with Gasteiger partial charge in [-0.25, -0.2) is 0 Å². The van der Waals surface area contributed by atoms with Gasteiger partial charge in [-0.1, -0.05) is 18.7 Å². The fraction of sp³-hybridized carbons (Fsp3) is 0.333. The molecule has 0 saturated heterocycles. The maximum atomic E-state index is 10.5. The first-order chi connectivity index (χ1) is 5.90. The molecule has 0 radical (unpaired) electrons. The lowest BCUT2D eigenvalue weighted by atomic mass is 10.3. The fourth-order valence-corrected chi connectivity index (χ4v) is 1.15. The van der Waals surface area contributed by atoms with E-state index in [1.54, 1.807) is 6.07 Å². The van der Waals surface area contributed by atoms with Crippen LogP contribution in [-0.4, -0.2) is 19.3 Å². The zero-order valence-corrected chi connectivity index (χ0v) is 6.53. The van der Waals surface area contributed by atoms with Gasteiger partial charge in [-0.15, -0.1) is 0 Å². The summed E-state index contributed by atoms with van der Waals surface area (Å²) in [6.45, 7) is 0.106. The maximum Gasteiger partial charge on any atom is 0.161 e. The molecule has 1 unspecified atom stereocenters. The van der Waals surface area contributed by atoms with E-state index in [4.69, 9.17) is 9.47 Å². The summed E-state index contributed by atoms with van der Waals surface area (Å²) in [4.78, 5) is 0. The van der Waals surface area contributed by atoms with Crippen molar-refractivity contribution in [1.29, 1.82) is 0 Å². The van der Waals surface area contributed by atoms with E-state index in [9.17, 15) is 5.11 Å². The van der Waals surface area contributed by atoms with Gasteiger partial charge in [0.25, 0.3) is 0 Å². The molecule has 1 aromatic rings. The van der Waals surface area contributed by atoms with Gasteiger partial charge in [-0.05, 0) is 12.1 Å². The third-order valence-electron chi connectivity index (χ3n) is 1.75. The molecule has 0 spiro atoms. The minimum atomic E-state index is -0.333. The monoisotopic (exact) mass is 165 g/mol. The van der Waals surface area contributed by atoms with Gasteiger partial charge in [0, 0.05) is 0 Å². The molecule has 1 aliphatic rings. The van der Waals surface area contributed by atoms with Crippen LogP contribution < -0.4 is 14.6 Å². The van der Waals surface area contributed by atoms with Gasteiger partial charge in [0.15, 0.2) is 11.5 Å². The van der Waals surface area contributed by atoms with Gasteiger partial charge in [0.05, 0.1) is 0 Å². The molecule has 1 atom stereocenters. The summed E-state index contributed by atoms with van der Waals surface area (Å²) < 4.78 is 10.6. The van der Waals surface area contributed by atoms with Crippen LogP contribution in [0.2, 0.25) is 0 Å². The predicted octanol–water partition coefficient (Wildman–Crippen LogP) is 0.187. The van der Waals surface area contributed by atoms with Gasteiger partial charge < -0.3 is 14.6 Å². The molecule has 0 saturated carbocycles. The van der Waals surface area contributed by atoms with Crippen molar-refractivity contribution in [3.8, 4) is 11.5 Å². The van der Waals surface area contributed by atoms with Crippen LogP contribution in [0.5, 0.6) is 11.5 Å². The van der Waals surface area contributed by atoms with E-state index in [-0.39, 0.29) is 12.7 Å². The van der Waals surface area contributed by atoms with E-state index < -0.39 is 0 Å². The van der Waals surface area contributed by atoms with E-state index in [0.717, 1.165) is 5.75 Å². The highest BCUT2D eigenvalue weighted by molar-refractivity contribution is 5.40. The van der Waals surface area contributed by atoms with Crippen LogP contribution in [0.1, 0.15) is 0 Å². The number of hydrogen-bond acceptors (Lipinski definition) is 3. The first-order valence-corrected chi connectivity index (χ1v) is 3.87. The largest absolute Gasteiger partial charge is 0.852 e. The summed E-state index contributed by atoms with van der Waals surface area (Å²) >= 11 is 0. The van der Waals surface area contributed by atoms with E-state index in [1.165, 1.54) is 0 Å². The number of ether oxygens (including phenoxy) is 2. The molecule has 2 rings (SSSR count). The van der Waals surface area contributed by atoms with E-state index >= 15 is 0 Å². The summed E-state index contributed by atoms with van der Waals surface area (Å²) in [6, 6.07) is 7.36. The second kappa shape index (κ2) is 3.03. The summed E-state index contributed by atoms with van der Waals surface area (Å²) in [5.41, 5.74) is 0. The van der Waals surface area contributed by atoms with E-state index in [0.29, 0.717) is 12.4 Å². The maximum absolute atomic E-state index is 10.5. The Labute approximate surface area is 70.5 Å². The Morgan fingerprint density at radius 2 is 2.08 bits per heavy atom. The molecule has 3 heteroatoms. The van der Waals surface area contributed by atoms with Crippen molar-refractivity contribution >= 4 is 0 Å². The van der Waals surface area contributed by atoms with Crippen molar-refractivity contribution in [2.75, 3.05) is 13.2 Å². The quantitative estimate of drug-likeness (QED) is 0.596. The van der Waals surface area contributed by atoms with Crippen LogP contribution in [0.25, 0.3) is 0 Å². The molecule has 12 heavy (non-hydrogen) atoms. The van der Waals surface area contributed by atoms with Crippen LogP contribution >= 0.6 is 0 Å². The summed E-state index contributed by atoms with van der Waals surface area (Å²) in [5.74, 6) is 1.40. The third kappa shape index (κ3) is 1.23. The van der Waals surface area contributed by atoms with Gasteiger partial charge in [-0.3, -0.25) is 0 Å². The highest BCUT2D eigenvalue weighted by atomic mass is 16.6. The number of hydrogen-bond donors (Lipinski definition) is 0. The molecule has 3 nitrogen and oxygen atoms in total. The predicted molar refractivity (Wildman–Crippen MR) is 41.2 cm³/mol. The standard InChI is InChI=1S/C9H9O3/c10-5-7-6-11-8-3-1-2-4-9(8)12-7/h1-4,7H,5-6H2/q-1.